The average Bonchev–Trinajstić information content (AvgIpc) is 3.13. The summed E-state index contributed by atoms with van der Waals surface area (Å²) in [5.74, 6) is -8.93. The van der Waals surface area contributed by atoms with Crippen molar-refractivity contribution in [2.45, 2.75) is 122 Å². The SMILES string of the molecule is CC[C@H](C)[C@H](N)C(=O)N[C@@H](CC(N)=O)C(=O)N[C@H]1CSC(=O)[C@H](CC(C)C)NC(=O)[C@@H](CC(C)C)NC(=O)[C@H](Cc2ccccc2)NC(=O)[C@H](CC(=O)O)NC1=O. The lowest BCUT2D eigenvalue weighted by atomic mass is 9.99. The van der Waals surface area contributed by atoms with Crippen molar-refractivity contribution in [2.75, 3.05) is 5.75 Å². The minimum absolute atomic E-state index is 0.0837. The van der Waals surface area contributed by atoms with E-state index in [0.717, 1.165) is 0 Å². The van der Waals surface area contributed by atoms with Gasteiger partial charge in [-0.15, -0.1) is 0 Å². The van der Waals surface area contributed by atoms with Gasteiger partial charge in [-0.1, -0.05) is 90.1 Å². The van der Waals surface area contributed by atoms with Gasteiger partial charge in [0.2, 0.25) is 46.5 Å². The van der Waals surface area contributed by atoms with E-state index in [9.17, 15) is 48.3 Å². The van der Waals surface area contributed by atoms with Gasteiger partial charge in [0, 0.05) is 12.2 Å². The maximum Gasteiger partial charge on any atom is 0.305 e. The van der Waals surface area contributed by atoms with Gasteiger partial charge in [-0.25, -0.2) is 0 Å². The van der Waals surface area contributed by atoms with Gasteiger partial charge in [-0.3, -0.25) is 43.2 Å². The second-order valence-corrected chi connectivity index (χ2v) is 16.1. The topological polar surface area (TPSA) is 298 Å². The van der Waals surface area contributed by atoms with Crippen molar-refractivity contribution in [2.24, 2.45) is 29.2 Å². The molecule has 0 aliphatic carbocycles. The van der Waals surface area contributed by atoms with Gasteiger partial charge in [-0.2, -0.15) is 0 Å². The summed E-state index contributed by atoms with van der Waals surface area (Å²) in [7, 11) is 0. The number of nitrogens with two attached hydrogens (primary N) is 2. The van der Waals surface area contributed by atoms with Gasteiger partial charge in [0.1, 0.15) is 30.2 Å². The highest BCUT2D eigenvalue weighted by atomic mass is 32.2. The Labute approximate surface area is 336 Å². The molecule has 316 valence electrons. The van der Waals surface area contributed by atoms with E-state index in [1.54, 1.807) is 44.2 Å². The maximum atomic E-state index is 13.9. The van der Waals surface area contributed by atoms with Crippen molar-refractivity contribution in [3.63, 3.8) is 0 Å². The molecule has 57 heavy (non-hydrogen) atoms. The Hall–Kier alpha value is -5.04. The molecule has 1 fully saturated rings. The molecule has 1 heterocycles. The van der Waals surface area contributed by atoms with Gasteiger partial charge in [0.15, 0.2) is 0 Å². The molecule has 8 atom stereocenters. The highest BCUT2D eigenvalue weighted by Gasteiger charge is 2.37. The molecule has 1 saturated heterocycles. The number of carboxylic acid groups (broad SMARTS) is 1. The van der Waals surface area contributed by atoms with Crippen molar-refractivity contribution in [1.82, 2.24) is 31.9 Å². The number of benzene rings is 1. The number of hydrogen-bond acceptors (Lipinski definition) is 11. The summed E-state index contributed by atoms with van der Waals surface area (Å²) < 4.78 is 0. The van der Waals surface area contributed by atoms with Gasteiger partial charge in [0.05, 0.1) is 24.9 Å². The molecule has 2 rings (SSSR count). The maximum absolute atomic E-state index is 13.9. The number of thioether (sulfide) groups is 1. The molecule has 7 amide bonds. The lowest BCUT2D eigenvalue weighted by Crippen LogP contribution is -2.61. The van der Waals surface area contributed by atoms with Crippen molar-refractivity contribution in [3.8, 4) is 0 Å². The predicted octanol–water partition coefficient (Wildman–Crippen LogP) is -0.773. The second-order valence-electron chi connectivity index (χ2n) is 15.1. The zero-order chi connectivity index (χ0) is 43.0. The Morgan fingerprint density at radius 2 is 1.32 bits per heavy atom. The summed E-state index contributed by atoms with van der Waals surface area (Å²) >= 11 is 0.570. The zero-order valence-electron chi connectivity index (χ0n) is 33.3. The third-order valence-corrected chi connectivity index (χ3v) is 10.3. The molecule has 0 spiro atoms. The quantitative estimate of drug-likeness (QED) is 0.0994. The van der Waals surface area contributed by atoms with E-state index in [2.05, 4.69) is 31.9 Å². The number of nitrogens with one attached hydrogen (secondary N) is 6. The first kappa shape index (κ1) is 48.1. The van der Waals surface area contributed by atoms with Crippen LogP contribution in [0.1, 0.15) is 79.2 Å². The lowest BCUT2D eigenvalue weighted by Gasteiger charge is -2.29. The van der Waals surface area contributed by atoms with E-state index in [4.69, 9.17) is 11.5 Å². The van der Waals surface area contributed by atoms with Crippen LogP contribution in [-0.4, -0.2) is 106 Å². The molecule has 18 nitrogen and oxygen atoms in total. The van der Waals surface area contributed by atoms with Gasteiger partial charge >= 0.3 is 5.97 Å². The van der Waals surface area contributed by atoms with Crippen LogP contribution in [0.25, 0.3) is 0 Å². The van der Waals surface area contributed by atoms with E-state index < -0.39 is 113 Å². The van der Waals surface area contributed by atoms with Gasteiger partial charge in [-0.05, 0) is 36.2 Å². The molecule has 1 aliphatic rings. The average molecular weight is 819 g/mol. The van der Waals surface area contributed by atoms with Crippen LogP contribution >= 0.6 is 11.8 Å². The Balaban J connectivity index is 2.65. The number of carbonyl (C=O) groups is 9. The summed E-state index contributed by atoms with van der Waals surface area (Å²) in [4.78, 5) is 120. The summed E-state index contributed by atoms with van der Waals surface area (Å²) in [6.07, 6.45) is -0.878. The lowest BCUT2D eigenvalue weighted by molar-refractivity contribution is -0.141. The predicted molar refractivity (Wildman–Crippen MR) is 212 cm³/mol. The van der Waals surface area contributed by atoms with Crippen LogP contribution in [0.5, 0.6) is 0 Å². The van der Waals surface area contributed by atoms with Crippen LogP contribution in [-0.2, 0) is 49.6 Å². The fourth-order valence-corrected chi connectivity index (χ4v) is 6.75. The van der Waals surface area contributed by atoms with Crippen molar-refractivity contribution >= 4 is 64.2 Å². The minimum atomic E-state index is -1.80. The van der Waals surface area contributed by atoms with E-state index in [-0.39, 0.29) is 37.0 Å². The van der Waals surface area contributed by atoms with E-state index in [0.29, 0.717) is 23.7 Å². The molecule has 0 radical (unpaired) electrons. The summed E-state index contributed by atoms with van der Waals surface area (Å²) in [6.45, 7) is 10.8. The molecule has 11 N–H and O–H groups in total. The molecule has 0 aromatic heterocycles. The van der Waals surface area contributed by atoms with Crippen LogP contribution in [0.4, 0.5) is 0 Å². The van der Waals surface area contributed by atoms with Crippen molar-refractivity contribution in [1.29, 1.82) is 0 Å². The minimum Gasteiger partial charge on any atom is -0.481 e. The van der Waals surface area contributed by atoms with E-state index in [1.165, 1.54) is 0 Å². The smallest absolute Gasteiger partial charge is 0.305 e. The Morgan fingerprint density at radius 3 is 1.88 bits per heavy atom. The molecule has 19 heteroatoms. The molecule has 1 aromatic carbocycles. The number of amides is 7. The first-order valence-electron chi connectivity index (χ1n) is 19.0. The summed E-state index contributed by atoms with van der Waals surface area (Å²) in [5, 5.41) is 24.2. The molecule has 0 unspecified atom stereocenters. The molecular formula is C38H58N8O10S. The van der Waals surface area contributed by atoms with Crippen molar-refractivity contribution in [3.05, 3.63) is 35.9 Å². The number of carboxylic acids is 1. The number of primary amides is 1. The van der Waals surface area contributed by atoms with Crippen LogP contribution in [0, 0.1) is 17.8 Å². The monoisotopic (exact) mass is 818 g/mol. The van der Waals surface area contributed by atoms with Crippen LogP contribution in [0.2, 0.25) is 0 Å². The first-order valence-corrected chi connectivity index (χ1v) is 20.0. The summed E-state index contributed by atoms with van der Waals surface area (Å²) in [6, 6.07) is -1.17. The highest BCUT2D eigenvalue weighted by Crippen LogP contribution is 2.17. The van der Waals surface area contributed by atoms with E-state index in [1.807, 2.05) is 27.7 Å². The molecule has 0 bridgehead atoms. The number of carbonyl (C=O) groups excluding carboxylic acids is 8. The second kappa shape index (κ2) is 23.3. The van der Waals surface area contributed by atoms with Crippen LogP contribution < -0.4 is 43.4 Å². The first-order chi connectivity index (χ1) is 26.7. The fourth-order valence-electron chi connectivity index (χ4n) is 5.83. The molecule has 1 aromatic rings. The fraction of sp³-hybridized carbons (Fsp3) is 0.605. The van der Waals surface area contributed by atoms with Crippen LogP contribution in [0.3, 0.4) is 0 Å². The normalized spacial score (nSPS) is 23.0. The Kier molecular flexibility index (Phi) is 19.6. The molecular weight excluding hydrogens is 761 g/mol. The third kappa shape index (κ3) is 16.5. The number of hydrogen-bond donors (Lipinski definition) is 9. The highest BCUT2D eigenvalue weighted by molar-refractivity contribution is 8.13. The molecule has 1 aliphatic heterocycles. The zero-order valence-corrected chi connectivity index (χ0v) is 34.1. The standard InChI is InChI=1S/C38H58N8O10S/c1-7-21(6)31(40)37(55)44-25(16-29(39)47)34(52)46-28-18-57-38(56)27(14-20(4)5)45-32(50)23(13-19(2)3)41-33(51)24(15-22-11-9-8-10-12-22)42-35(53)26(17-30(48)49)43-36(28)54/h8-12,19-21,23-28,31H,7,13-18,40H2,1-6H3,(H2,39,47)(H,41,51)(H,42,53)(H,43,54)(H,44,55)(H,45,50)(H,46,52)(H,48,49)/t21-,23+,24-,25-,26-,27-,28-,31-/m0/s1. The summed E-state index contributed by atoms with van der Waals surface area (Å²) in [5.41, 5.74) is 12.0. The largest absolute Gasteiger partial charge is 0.481 e. The third-order valence-electron chi connectivity index (χ3n) is 9.20. The van der Waals surface area contributed by atoms with Crippen molar-refractivity contribution < 1.29 is 48.3 Å². The van der Waals surface area contributed by atoms with Gasteiger partial charge < -0.3 is 48.5 Å². The number of aliphatic carboxylic acids is 1. The van der Waals surface area contributed by atoms with Gasteiger partial charge in [0.25, 0.3) is 0 Å². The van der Waals surface area contributed by atoms with Crippen LogP contribution in [0.15, 0.2) is 30.3 Å². The molecule has 0 saturated carbocycles. The Bertz CT molecular complexity index is 1610. The Morgan fingerprint density at radius 1 is 0.789 bits per heavy atom. The number of rotatable bonds is 16. The van der Waals surface area contributed by atoms with E-state index >= 15 is 0 Å².